The second-order valence-electron chi connectivity index (χ2n) is 4.90. The third-order valence-electron chi connectivity index (χ3n) is 3.29. The summed E-state index contributed by atoms with van der Waals surface area (Å²) in [6.07, 6.45) is -0.187. The van der Waals surface area contributed by atoms with Crippen LogP contribution in [0.15, 0.2) is 24.3 Å². The molecule has 0 radical (unpaired) electrons. The first-order chi connectivity index (χ1) is 9.86. The third kappa shape index (κ3) is 4.93. The molecule has 0 bridgehead atoms. The Bertz CT molecular complexity index is 506. The minimum atomic E-state index is -1.05. The van der Waals surface area contributed by atoms with E-state index in [0.29, 0.717) is 17.2 Å². The monoisotopic (exact) mass is 313 g/mol. The highest BCUT2D eigenvalue weighted by Gasteiger charge is 2.28. The number of aliphatic carboxylic acids is 1. The van der Waals surface area contributed by atoms with Crippen molar-refractivity contribution < 1.29 is 19.4 Å². The zero-order valence-electron chi connectivity index (χ0n) is 12.3. The Labute approximate surface area is 129 Å². The molecule has 3 atom stereocenters. The molecule has 0 heterocycles. The lowest BCUT2D eigenvalue weighted by Gasteiger charge is -2.22. The van der Waals surface area contributed by atoms with Crippen molar-refractivity contribution >= 4 is 23.5 Å². The standard InChI is InChI=1S/C15H20ClNO4/c1-4-9(2)13(15(19)20)17-14(18)10(3)21-12-8-6-5-7-11(12)16/h5-10,13H,4H2,1-3H3,(H,17,18)(H,19,20). The van der Waals surface area contributed by atoms with Gasteiger partial charge < -0.3 is 15.2 Å². The van der Waals surface area contributed by atoms with E-state index in [9.17, 15) is 9.59 Å². The largest absolute Gasteiger partial charge is 0.480 e. The molecule has 3 unspecified atom stereocenters. The second-order valence-corrected chi connectivity index (χ2v) is 5.31. The minimum absolute atomic E-state index is 0.168. The number of amides is 1. The number of para-hydroxylation sites is 1. The van der Waals surface area contributed by atoms with Gasteiger partial charge in [0, 0.05) is 0 Å². The molecule has 1 rings (SSSR count). The second kappa shape index (κ2) is 7.88. The van der Waals surface area contributed by atoms with Crippen molar-refractivity contribution in [3.8, 4) is 5.75 Å². The summed E-state index contributed by atoms with van der Waals surface area (Å²) in [7, 11) is 0. The minimum Gasteiger partial charge on any atom is -0.480 e. The van der Waals surface area contributed by atoms with E-state index in [2.05, 4.69) is 5.32 Å². The highest BCUT2D eigenvalue weighted by Crippen LogP contribution is 2.24. The molecular formula is C15H20ClNO4. The van der Waals surface area contributed by atoms with E-state index in [-0.39, 0.29) is 5.92 Å². The van der Waals surface area contributed by atoms with Gasteiger partial charge in [0.2, 0.25) is 0 Å². The van der Waals surface area contributed by atoms with E-state index in [1.165, 1.54) is 0 Å². The summed E-state index contributed by atoms with van der Waals surface area (Å²) < 4.78 is 5.46. The van der Waals surface area contributed by atoms with Gasteiger partial charge in [0.05, 0.1) is 5.02 Å². The van der Waals surface area contributed by atoms with Gasteiger partial charge in [0.1, 0.15) is 11.8 Å². The first-order valence-electron chi connectivity index (χ1n) is 6.81. The predicted octanol–water partition coefficient (Wildman–Crippen LogP) is 2.72. The summed E-state index contributed by atoms with van der Waals surface area (Å²) >= 11 is 5.95. The highest BCUT2D eigenvalue weighted by molar-refractivity contribution is 6.32. The molecule has 0 aliphatic rings. The normalized spacial score (nSPS) is 14.9. The van der Waals surface area contributed by atoms with Crippen molar-refractivity contribution in [1.29, 1.82) is 0 Å². The number of nitrogens with one attached hydrogen (secondary N) is 1. The van der Waals surface area contributed by atoms with Crippen LogP contribution in [0.1, 0.15) is 27.2 Å². The average Bonchev–Trinajstić information content (AvgIpc) is 2.45. The third-order valence-corrected chi connectivity index (χ3v) is 3.60. The predicted molar refractivity (Wildman–Crippen MR) is 80.6 cm³/mol. The Morgan fingerprint density at radius 3 is 2.48 bits per heavy atom. The zero-order valence-corrected chi connectivity index (χ0v) is 13.1. The maximum Gasteiger partial charge on any atom is 0.326 e. The summed E-state index contributed by atoms with van der Waals surface area (Å²) in [6.45, 7) is 5.20. The summed E-state index contributed by atoms with van der Waals surface area (Å²) in [5.74, 6) is -1.32. The highest BCUT2D eigenvalue weighted by atomic mass is 35.5. The van der Waals surface area contributed by atoms with Crippen LogP contribution >= 0.6 is 11.6 Å². The van der Waals surface area contributed by atoms with Gasteiger partial charge >= 0.3 is 5.97 Å². The first-order valence-corrected chi connectivity index (χ1v) is 7.19. The smallest absolute Gasteiger partial charge is 0.326 e. The molecule has 6 heteroatoms. The number of carboxylic acids is 1. The van der Waals surface area contributed by atoms with Gasteiger partial charge in [-0.25, -0.2) is 4.79 Å². The lowest BCUT2D eigenvalue weighted by molar-refractivity contribution is -0.144. The van der Waals surface area contributed by atoms with Gasteiger partial charge in [-0.05, 0) is 25.0 Å². The number of rotatable bonds is 7. The molecule has 0 fully saturated rings. The maximum absolute atomic E-state index is 12.1. The molecule has 0 saturated carbocycles. The van der Waals surface area contributed by atoms with E-state index in [1.807, 2.05) is 6.92 Å². The fourth-order valence-corrected chi connectivity index (χ4v) is 1.92. The van der Waals surface area contributed by atoms with Crippen LogP contribution in [0.4, 0.5) is 0 Å². The van der Waals surface area contributed by atoms with Gasteiger partial charge in [-0.15, -0.1) is 0 Å². The van der Waals surface area contributed by atoms with Gasteiger partial charge in [-0.3, -0.25) is 4.79 Å². The van der Waals surface area contributed by atoms with Crippen LogP contribution in [0, 0.1) is 5.92 Å². The fourth-order valence-electron chi connectivity index (χ4n) is 1.74. The van der Waals surface area contributed by atoms with Crippen LogP contribution in [-0.4, -0.2) is 29.1 Å². The van der Waals surface area contributed by atoms with Crippen molar-refractivity contribution in [3.05, 3.63) is 29.3 Å². The molecule has 5 nitrogen and oxygen atoms in total. The van der Waals surface area contributed by atoms with Crippen LogP contribution < -0.4 is 10.1 Å². The number of carbonyl (C=O) groups excluding carboxylic acids is 1. The number of carbonyl (C=O) groups is 2. The van der Waals surface area contributed by atoms with E-state index in [1.54, 1.807) is 38.1 Å². The van der Waals surface area contributed by atoms with Crippen molar-refractivity contribution in [3.63, 3.8) is 0 Å². The van der Waals surface area contributed by atoms with E-state index >= 15 is 0 Å². The summed E-state index contributed by atoms with van der Waals surface area (Å²) in [5.41, 5.74) is 0. The van der Waals surface area contributed by atoms with Crippen LogP contribution in [0.25, 0.3) is 0 Å². The van der Waals surface area contributed by atoms with E-state index in [4.69, 9.17) is 21.4 Å². The average molecular weight is 314 g/mol. The van der Waals surface area contributed by atoms with Crippen molar-refractivity contribution in [1.82, 2.24) is 5.32 Å². The molecule has 21 heavy (non-hydrogen) atoms. The Kier molecular flexibility index (Phi) is 6.49. The lowest BCUT2D eigenvalue weighted by atomic mass is 9.99. The molecule has 0 spiro atoms. The number of benzene rings is 1. The van der Waals surface area contributed by atoms with Gasteiger partial charge in [0.15, 0.2) is 6.10 Å². The Balaban J connectivity index is 2.70. The van der Waals surface area contributed by atoms with Crippen LogP contribution in [0.3, 0.4) is 0 Å². The van der Waals surface area contributed by atoms with Crippen molar-refractivity contribution in [2.45, 2.75) is 39.3 Å². The molecule has 0 aliphatic carbocycles. The van der Waals surface area contributed by atoms with Crippen LogP contribution in [0.2, 0.25) is 5.02 Å². The zero-order chi connectivity index (χ0) is 16.0. The summed E-state index contributed by atoms with van der Waals surface area (Å²) in [4.78, 5) is 23.2. The number of halogens is 1. The molecule has 0 saturated heterocycles. The number of carboxylic acid groups (broad SMARTS) is 1. The van der Waals surface area contributed by atoms with Crippen LogP contribution in [0.5, 0.6) is 5.75 Å². The van der Waals surface area contributed by atoms with E-state index in [0.717, 1.165) is 0 Å². The Morgan fingerprint density at radius 1 is 1.33 bits per heavy atom. The fraction of sp³-hybridized carbons (Fsp3) is 0.467. The molecular weight excluding hydrogens is 294 g/mol. The number of hydrogen-bond acceptors (Lipinski definition) is 3. The molecule has 1 aromatic carbocycles. The Morgan fingerprint density at radius 2 is 1.95 bits per heavy atom. The Hall–Kier alpha value is -1.75. The first kappa shape index (κ1) is 17.3. The molecule has 0 aromatic heterocycles. The molecule has 2 N–H and O–H groups in total. The summed E-state index contributed by atoms with van der Waals surface area (Å²) in [5, 5.41) is 12.1. The molecule has 116 valence electrons. The molecule has 1 aromatic rings. The molecule has 0 aliphatic heterocycles. The topological polar surface area (TPSA) is 75.6 Å². The SMILES string of the molecule is CCC(C)C(NC(=O)C(C)Oc1ccccc1Cl)C(=O)O. The quantitative estimate of drug-likeness (QED) is 0.811. The molecule has 1 amide bonds. The van der Waals surface area contributed by atoms with Crippen LogP contribution in [-0.2, 0) is 9.59 Å². The van der Waals surface area contributed by atoms with Crippen molar-refractivity contribution in [2.24, 2.45) is 5.92 Å². The van der Waals surface area contributed by atoms with E-state index < -0.39 is 24.0 Å². The maximum atomic E-state index is 12.1. The summed E-state index contributed by atoms with van der Waals surface area (Å²) in [6, 6.07) is 5.87. The lowest BCUT2D eigenvalue weighted by Crippen LogP contribution is -2.49. The van der Waals surface area contributed by atoms with Gasteiger partial charge in [0.25, 0.3) is 5.91 Å². The van der Waals surface area contributed by atoms with Gasteiger partial charge in [-0.2, -0.15) is 0 Å². The number of ether oxygens (including phenoxy) is 1. The van der Waals surface area contributed by atoms with Gasteiger partial charge in [-0.1, -0.05) is 44.0 Å². The number of hydrogen-bond donors (Lipinski definition) is 2. The van der Waals surface area contributed by atoms with Crippen molar-refractivity contribution in [2.75, 3.05) is 0 Å².